The Balaban J connectivity index is 1.38. The molecule has 1 aromatic heterocycles. The minimum Gasteiger partial charge on any atom is -0.345 e. The number of aryl methyl sites for hydroxylation is 2. The molecule has 1 atom stereocenters. The highest BCUT2D eigenvalue weighted by atomic mass is 32.2. The standard InChI is InChI=1S/C22H23N5O2S/c1-27-14-23-26-22(27)30-13-20(28)24-17-9-4-8-16(12-17)21(29)25-19-11-5-7-15-6-2-3-10-18(15)19/h2-4,6,8-10,12,14,19H,5,7,11,13H2,1H3,(H,24,28)(H,25,29). The van der Waals surface area contributed by atoms with Crippen LogP contribution in [0.15, 0.2) is 60.0 Å². The van der Waals surface area contributed by atoms with Crippen LogP contribution < -0.4 is 10.6 Å². The van der Waals surface area contributed by atoms with Crippen LogP contribution in [0.1, 0.15) is 40.4 Å². The molecule has 1 aliphatic carbocycles. The van der Waals surface area contributed by atoms with Crippen molar-refractivity contribution in [1.82, 2.24) is 20.1 Å². The van der Waals surface area contributed by atoms with Gasteiger partial charge < -0.3 is 15.2 Å². The number of nitrogens with one attached hydrogen (secondary N) is 2. The van der Waals surface area contributed by atoms with Gasteiger partial charge in [-0.15, -0.1) is 10.2 Å². The molecule has 1 heterocycles. The molecule has 2 amide bonds. The van der Waals surface area contributed by atoms with E-state index in [1.165, 1.54) is 22.9 Å². The Kier molecular flexibility index (Phi) is 6.13. The molecule has 4 rings (SSSR count). The molecule has 8 heteroatoms. The normalized spacial score (nSPS) is 15.3. The average molecular weight is 422 g/mol. The third-order valence-corrected chi connectivity index (χ3v) is 6.12. The Labute approximate surface area is 179 Å². The fraction of sp³-hybridized carbons (Fsp3) is 0.273. The number of fused-ring (bicyclic) bond motifs is 1. The van der Waals surface area contributed by atoms with E-state index in [9.17, 15) is 9.59 Å². The number of carbonyl (C=O) groups is 2. The van der Waals surface area contributed by atoms with Gasteiger partial charge in [-0.1, -0.05) is 42.1 Å². The van der Waals surface area contributed by atoms with E-state index < -0.39 is 0 Å². The van der Waals surface area contributed by atoms with Crippen molar-refractivity contribution in [2.45, 2.75) is 30.5 Å². The molecular formula is C22H23N5O2S. The van der Waals surface area contributed by atoms with Gasteiger partial charge in [0.25, 0.3) is 5.91 Å². The average Bonchev–Trinajstić information content (AvgIpc) is 3.17. The second-order valence-corrected chi connectivity index (χ2v) is 8.20. The van der Waals surface area contributed by atoms with Crippen LogP contribution in [-0.2, 0) is 18.3 Å². The number of benzene rings is 2. The van der Waals surface area contributed by atoms with Crippen molar-refractivity contribution in [3.05, 3.63) is 71.5 Å². The van der Waals surface area contributed by atoms with Crippen molar-refractivity contribution in [3.8, 4) is 0 Å². The Morgan fingerprint density at radius 1 is 1.20 bits per heavy atom. The lowest BCUT2D eigenvalue weighted by Crippen LogP contribution is -2.31. The van der Waals surface area contributed by atoms with E-state index in [0.717, 1.165) is 19.3 Å². The van der Waals surface area contributed by atoms with Crippen LogP contribution in [0, 0.1) is 0 Å². The summed E-state index contributed by atoms with van der Waals surface area (Å²) in [4.78, 5) is 25.1. The SMILES string of the molecule is Cn1cnnc1SCC(=O)Nc1cccc(C(=O)NC2CCCc3ccccc32)c1. The lowest BCUT2D eigenvalue weighted by atomic mass is 9.87. The number of anilines is 1. The van der Waals surface area contributed by atoms with E-state index in [-0.39, 0.29) is 23.6 Å². The zero-order chi connectivity index (χ0) is 20.9. The molecule has 30 heavy (non-hydrogen) atoms. The topological polar surface area (TPSA) is 88.9 Å². The first-order chi connectivity index (χ1) is 14.6. The quantitative estimate of drug-likeness (QED) is 0.596. The van der Waals surface area contributed by atoms with Crippen LogP contribution in [0.3, 0.4) is 0 Å². The highest BCUT2D eigenvalue weighted by molar-refractivity contribution is 7.99. The predicted molar refractivity (Wildman–Crippen MR) is 116 cm³/mol. The number of hydrogen-bond donors (Lipinski definition) is 2. The first-order valence-electron chi connectivity index (χ1n) is 9.85. The first kappa shape index (κ1) is 20.2. The van der Waals surface area contributed by atoms with Gasteiger partial charge in [0.05, 0.1) is 11.8 Å². The van der Waals surface area contributed by atoms with Gasteiger partial charge in [0, 0.05) is 18.3 Å². The Morgan fingerprint density at radius 3 is 2.90 bits per heavy atom. The number of aromatic nitrogens is 3. The number of thioether (sulfide) groups is 1. The molecule has 2 aromatic carbocycles. The summed E-state index contributed by atoms with van der Waals surface area (Å²) >= 11 is 1.31. The first-order valence-corrected chi connectivity index (χ1v) is 10.8. The lowest BCUT2D eigenvalue weighted by molar-refractivity contribution is -0.113. The highest BCUT2D eigenvalue weighted by Gasteiger charge is 2.22. The van der Waals surface area contributed by atoms with E-state index in [1.54, 1.807) is 35.2 Å². The van der Waals surface area contributed by atoms with Crippen molar-refractivity contribution in [2.75, 3.05) is 11.1 Å². The maximum Gasteiger partial charge on any atom is 0.251 e. The van der Waals surface area contributed by atoms with Crippen molar-refractivity contribution < 1.29 is 9.59 Å². The molecule has 1 aliphatic rings. The van der Waals surface area contributed by atoms with Crippen LogP contribution >= 0.6 is 11.8 Å². The molecule has 0 fully saturated rings. The van der Waals surface area contributed by atoms with Crippen LogP contribution in [0.25, 0.3) is 0 Å². The Morgan fingerprint density at radius 2 is 2.07 bits per heavy atom. The fourth-order valence-corrected chi connectivity index (χ4v) is 4.30. The summed E-state index contributed by atoms with van der Waals surface area (Å²) in [6.45, 7) is 0. The van der Waals surface area contributed by atoms with Gasteiger partial charge in [0.1, 0.15) is 6.33 Å². The van der Waals surface area contributed by atoms with Gasteiger partial charge in [-0.25, -0.2) is 0 Å². The van der Waals surface area contributed by atoms with Crippen molar-refractivity contribution >= 4 is 29.3 Å². The summed E-state index contributed by atoms with van der Waals surface area (Å²) in [7, 11) is 1.83. The Bertz CT molecular complexity index is 1060. The molecule has 7 nitrogen and oxygen atoms in total. The summed E-state index contributed by atoms with van der Waals surface area (Å²) in [5, 5.41) is 14.4. The minimum atomic E-state index is -0.165. The minimum absolute atomic E-state index is 0.0171. The molecule has 0 radical (unpaired) electrons. The number of hydrogen-bond acceptors (Lipinski definition) is 5. The van der Waals surface area contributed by atoms with Crippen LogP contribution in [0.2, 0.25) is 0 Å². The second-order valence-electron chi connectivity index (χ2n) is 7.26. The van der Waals surface area contributed by atoms with Crippen molar-refractivity contribution in [2.24, 2.45) is 7.05 Å². The maximum atomic E-state index is 12.8. The van der Waals surface area contributed by atoms with E-state index in [2.05, 4.69) is 33.0 Å². The van der Waals surface area contributed by atoms with Crippen molar-refractivity contribution in [3.63, 3.8) is 0 Å². The monoisotopic (exact) mass is 421 g/mol. The number of amides is 2. The third-order valence-electron chi connectivity index (χ3n) is 5.09. The highest BCUT2D eigenvalue weighted by Crippen LogP contribution is 2.29. The summed E-state index contributed by atoms with van der Waals surface area (Å²) in [5.74, 6) is -0.0926. The molecule has 0 saturated heterocycles. The molecule has 0 aliphatic heterocycles. The smallest absolute Gasteiger partial charge is 0.251 e. The molecule has 1 unspecified atom stereocenters. The van der Waals surface area contributed by atoms with E-state index in [0.29, 0.717) is 16.4 Å². The summed E-state index contributed by atoms with van der Waals surface area (Å²) in [5.41, 5.74) is 3.62. The van der Waals surface area contributed by atoms with E-state index in [1.807, 2.05) is 19.2 Å². The summed E-state index contributed by atoms with van der Waals surface area (Å²) < 4.78 is 1.76. The fourth-order valence-electron chi connectivity index (χ4n) is 3.61. The Hall–Kier alpha value is -3.13. The molecule has 154 valence electrons. The maximum absolute atomic E-state index is 12.8. The predicted octanol–water partition coefficient (Wildman–Crippen LogP) is 3.35. The molecule has 0 saturated carbocycles. The van der Waals surface area contributed by atoms with Gasteiger partial charge in [-0.05, 0) is 48.6 Å². The lowest BCUT2D eigenvalue weighted by Gasteiger charge is -2.26. The molecule has 0 bridgehead atoms. The third kappa shape index (κ3) is 4.71. The molecule has 3 aromatic rings. The zero-order valence-corrected chi connectivity index (χ0v) is 17.5. The number of nitrogens with zero attached hydrogens (tertiary/aromatic N) is 3. The van der Waals surface area contributed by atoms with Crippen molar-refractivity contribution in [1.29, 1.82) is 0 Å². The summed E-state index contributed by atoms with van der Waals surface area (Å²) in [6.07, 6.45) is 4.63. The van der Waals surface area contributed by atoms with Gasteiger partial charge in [0.2, 0.25) is 5.91 Å². The van der Waals surface area contributed by atoms with Crippen LogP contribution in [0.4, 0.5) is 5.69 Å². The molecular weight excluding hydrogens is 398 g/mol. The van der Waals surface area contributed by atoms with Crippen LogP contribution in [-0.4, -0.2) is 32.3 Å². The van der Waals surface area contributed by atoms with Gasteiger partial charge in [-0.2, -0.15) is 0 Å². The molecule has 0 spiro atoms. The zero-order valence-electron chi connectivity index (χ0n) is 16.7. The van der Waals surface area contributed by atoms with E-state index >= 15 is 0 Å². The van der Waals surface area contributed by atoms with Gasteiger partial charge in [0.15, 0.2) is 5.16 Å². The number of carbonyl (C=O) groups excluding carboxylic acids is 2. The number of rotatable bonds is 6. The van der Waals surface area contributed by atoms with Gasteiger partial charge in [-0.3, -0.25) is 9.59 Å². The largest absolute Gasteiger partial charge is 0.345 e. The van der Waals surface area contributed by atoms with Crippen LogP contribution in [0.5, 0.6) is 0 Å². The summed E-state index contributed by atoms with van der Waals surface area (Å²) in [6, 6.07) is 15.3. The molecule has 2 N–H and O–H groups in total. The second kappa shape index (κ2) is 9.13. The van der Waals surface area contributed by atoms with Gasteiger partial charge >= 0.3 is 0 Å². The van der Waals surface area contributed by atoms with E-state index in [4.69, 9.17) is 0 Å².